The van der Waals surface area contributed by atoms with Crippen molar-refractivity contribution in [1.82, 2.24) is 20.7 Å². The number of fused-ring (bicyclic) bond motifs is 1. The van der Waals surface area contributed by atoms with Gasteiger partial charge in [-0.25, -0.2) is 11.4 Å². The Kier molecular flexibility index (Phi) is 4.87. The van der Waals surface area contributed by atoms with E-state index in [-0.39, 0.29) is 0 Å². The Hall–Kier alpha value is -3.13. The molecule has 0 fully saturated rings. The number of hydrogen-bond donors (Lipinski definition) is 3. The number of nitrogens with zero attached hydrogens (tertiary/aromatic N) is 4. The lowest BCUT2D eigenvalue weighted by molar-refractivity contribution is 0.0752. The van der Waals surface area contributed by atoms with E-state index in [0.29, 0.717) is 18.9 Å². The average molecular weight is 325 g/mol. The van der Waals surface area contributed by atoms with Crippen molar-refractivity contribution in [2.75, 3.05) is 0 Å². The van der Waals surface area contributed by atoms with Crippen molar-refractivity contribution in [2.45, 2.75) is 19.4 Å². The number of hydrazone groups is 1. The van der Waals surface area contributed by atoms with Gasteiger partial charge in [-0.1, -0.05) is 41.2 Å². The van der Waals surface area contributed by atoms with E-state index in [4.69, 9.17) is 16.4 Å². The molecule has 0 saturated heterocycles. The molecule has 2 aromatic carbocycles. The molecule has 3 rings (SSSR count). The largest absolute Gasteiger partial charge is 0.390 e. The molecule has 0 aliphatic rings. The lowest BCUT2D eigenvalue weighted by Gasteiger charge is -2.06. The van der Waals surface area contributed by atoms with Gasteiger partial charge in [0, 0.05) is 6.42 Å². The zero-order chi connectivity index (χ0) is 16.8. The molecule has 124 valence electrons. The van der Waals surface area contributed by atoms with Crippen LogP contribution in [-0.2, 0) is 13.0 Å². The molecule has 0 unspecified atom stereocenters. The lowest BCUT2D eigenvalue weighted by atomic mass is 10.1. The van der Waals surface area contributed by atoms with Crippen molar-refractivity contribution in [2.24, 2.45) is 16.7 Å². The van der Waals surface area contributed by atoms with Crippen LogP contribution in [0.4, 0.5) is 0 Å². The third-order valence-corrected chi connectivity index (χ3v) is 3.55. The van der Waals surface area contributed by atoms with Crippen LogP contribution in [0, 0.1) is 0 Å². The van der Waals surface area contributed by atoms with Crippen molar-refractivity contribution in [1.29, 1.82) is 0 Å². The molecule has 0 aliphatic heterocycles. The fraction of sp³-hybridized carbons (Fsp3) is 0.188. The van der Waals surface area contributed by atoms with E-state index in [0.717, 1.165) is 28.6 Å². The van der Waals surface area contributed by atoms with E-state index in [1.807, 2.05) is 48.5 Å². The van der Waals surface area contributed by atoms with E-state index in [2.05, 4.69) is 20.9 Å². The fourth-order valence-corrected chi connectivity index (χ4v) is 2.32. The summed E-state index contributed by atoms with van der Waals surface area (Å²) < 4.78 is 0. The Balaban J connectivity index is 1.68. The summed E-state index contributed by atoms with van der Waals surface area (Å²) in [5.74, 6) is 5.54. The monoisotopic (exact) mass is 325 g/mol. The highest BCUT2D eigenvalue weighted by atomic mass is 16.7. The van der Waals surface area contributed by atoms with Gasteiger partial charge in [0.25, 0.3) is 0 Å². The van der Waals surface area contributed by atoms with Gasteiger partial charge in [0.05, 0.1) is 0 Å². The molecule has 5 N–H and O–H groups in total. The van der Waals surface area contributed by atoms with E-state index in [1.165, 1.54) is 4.85 Å². The summed E-state index contributed by atoms with van der Waals surface area (Å²) in [5, 5.41) is 11.9. The summed E-state index contributed by atoms with van der Waals surface area (Å²) in [6.07, 6.45) is 1.35. The van der Waals surface area contributed by atoms with Gasteiger partial charge in [-0.2, -0.15) is 5.10 Å². The summed E-state index contributed by atoms with van der Waals surface area (Å²) >= 11 is 0. The molecule has 0 radical (unpaired) electrons. The molecule has 8 nitrogen and oxygen atoms in total. The van der Waals surface area contributed by atoms with Gasteiger partial charge in [-0.3, -0.25) is 0 Å². The molecule has 0 atom stereocenters. The molecule has 1 aromatic heterocycles. The Morgan fingerprint density at radius 3 is 2.79 bits per heavy atom. The first-order chi connectivity index (χ1) is 11.8. The SMILES string of the molecule is NN/N=C(\N)CCc1ccc2c(c1)nnn2OCc1ccccc1. The van der Waals surface area contributed by atoms with Gasteiger partial charge in [0.2, 0.25) is 0 Å². The maximum absolute atomic E-state index is 5.70. The number of rotatable bonds is 7. The molecule has 1 heterocycles. The smallest absolute Gasteiger partial charge is 0.142 e. The highest BCUT2D eigenvalue weighted by molar-refractivity contribution is 5.80. The van der Waals surface area contributed by atoms with Gasteiger partial charge in [-0.15, -0.1) is 5.10 Å². The molecule has 24 heavy (non-hydrogen) atoms. The summed E-state index contributed by atoms with van der Waals surface area (Å²) in [6, 6.07) is 15.8. The van der Waals surface area contributed by atoms with Gasteiger partial charge in [0.15, 0.2) is 0 Å². The average Bonchev–Trinajstić information content (AvgIpc) is 3.02. The molecule has 0 spiro atoms. The second-order valence-corrected chi connectivity index (χ2v) is 5.28. The third kappa shape index (κ3) is 3.79. The highest BCUT2D eigenvalue weighted by Gasteiger charge is 2.07. The maximum atomic E-state index is 5.70. The summed E-state index contributed by atoms with van der Waals surface area (Å²) in [7, 11) is 0. The van der Waals surface area contributed by atoms with E-state index >= 15 is 0 Å². The van der Waals surface area contributed by atoms with Crippen molar-refractivity contribution in [3.8, 4) is 0 Å². The second kappa shape index (κ2) is 7.42. The van der Waals surface area contributed by atoms with E-state index in [1.54, 1.807) is 0 Å². The van der Waals surface area contributed by atoms with Crippen LogP contribution in [0.3, 0.4) is 0 Å². The minimum Gasteiger partial charge on any atom is -0.390 e. The van der Waals surface area contributed by atoms with Crippen LogP contribution in [-0.4, -0.2) is 21.0 Å². The Morgan fingerprint density at radius 1 is 1.17 bits per heavy atom. The zero-order valence-corrected chi connectivity index (χ0v) is 13.1. The van der Waals surface area contributed by atoms with Crippen LogP contribution in [0.15, 0.2) is 53.6 Å². The fourth-order valence-electron chi connectivity index (χ4n) is 2.32. The number of nitrogens with one attached hydrogen (secondary N) is 1. The van der Waals surface area contributed by atoms with Crippen LogP contribution < -0.4 is 21.9 Å². The standard InChI is InChI=1S/C16H19N7O/c17-16(20-21-18)9-7-12-6-8-15-14(10-12)19-22-23(15)24-11-13-4-2-1-3-5-13/h1-6,8,10,21H,7,9,11,18H2,(H2,17,20). The number of amidine groups is 1. The van der Waals surface area contributed by atoms with Crippen molar-refractivity contribution < 1.29 is 4.84 Å². The number of hydrogen-bond acceptors (Lipinski definition) is 6. The van der Waals surface area contributed by atoms with Crippen molar-refractivity contribution in [3.63, 3.8) is 0 Å². The minimum atomic E-state index is 0.431. The molecular weight excluding hydrogens is 306 g/mol. The molecule has 3 aromatic rings. The van der Waals surface area contributed by atoms with Crippen LogP contribution in [0.25, 0.3) is 11.0 Å². The maximum Gasteiger partial charge on any atom is 0.142 e. The van der Waals surface area contributed by atoms with E-state index < -0.39 is 0 Å². The predicted octanol–water partition coefficient (Wildman–Crippen LogP) is 0.728. The van der Waals surface area contributed by atoms with Crippen LogP contribution in [0.1, 0.15) is 17.5 Å². The number of aryl methyl sites for hydroxylation is 1. The second-order valence-electron chi connectivity index (χ2n) is 5.28. The zero-order valence-electron chi connectivity index (χ0n) is 13.1. The number of benzene rings is 2. The number of aromatic nitrogens is 3. The van der Waals surface area contributed by atoms with Crippen molar-refractivity contribution in [3.05, 3.63) is 59.7 Å². The van der Waals surface area contributed by atoms with Gasteiger partial charge < -0.3 is 10.6 Å². The molecular formula is C16H19N7O. The van der Waals surface area contributed by atoms with Crippen LogP contribution >= 0.6 is 0 Å². The molecule has 8 heteroatoms. The Bertz CT molecular complexity index is 829. The number of hydrazine groups is 1. The first kappa shape index (κ1) is 15.8. The topological polar surface area (TPSA) is 116 Å². The van der Waals surface area contributed by atoms with Crippen LogP contribution in [0.5, 0.6) is 0 Å². The van der Waals surface area contributed by atoms with Gasteiger partial charge in [-0.05, 0) is 34.9 Å². The minimum absolute atomic E-state index is 0.431. The van der Waals surface area contributed by atoms with Gasteiger partial charge >= 0.3 is 0 Å². The molecule has 0 amide bonds. The predicted molar refractivity (Wildman–Crippen MR) is 91.5 cm³/mol. The summed E-state index contributed by atoms with van der Waals surface area (Å²) in [4.78, 5) is 7.14. The third-order valence-electron chi connectivity index (χ3n) is 3.55. The summed E-state index contributed by atoms with van der Waals surface area (Å²) in [6.45, 7) is 0.431. The Labute approximate surface area is 139 Å². The van der Waals surface area contributed by atoms with Crippen molar-refractivity contribution >= 4 is 16.9 Å². The van der Waals surface area contributed by atoms with E-state index in [9.17, 15) is 0 Å². The first-order valence-corrected chi connectivity index (χ1v) is 7.55. The molecule has 0 aliphatic carbocycles. The lowest BCUT2D eigenvalue weighted by Crippen LogP contribution is -2.22. The molecule has 0 saturated carbocycles. The Morgan fingerprint density at radius 2 is 2.00 bits per heavy atom. The highest BCUT2D eigenvalue weighted by Crippen LogP contribution is 2.14. The van der Waals surface area contributed by atoms with Crippen LogP contribution in [0.2, 0.25) is 0 Å². The normalized spacial score (nSPS) is 11.6. The first-order valence-electron chi connectivity index (χ1n) is 7.55. The molecule has 0 bridgehead atoms. The quantitative estimate of drug-likeness (QED) is 0.255. The summed E-state index contributed by atoms with van der Waals surface area (Å²) in [5.41, 5.74) is 11.6. The van der Waals surface area contributed by atoms with Gasteiger partial charge in [0.1, 0.15) is 23.5 Å². The number of nitrogens with two attached hydrogens (primary N) is 2.